The third-order valence-electron chi connectivity index (χ3n) is 0.930. The van der Waals surface area contributed by atoms with Crippen LogP contribution < -0.4 is 5.32 Å². The van der Waals surface area contributed by atoms with Crippen LogP contribution in [0, 0.1) is 0 Å². The predicted octanol–water partition coefficient (Wildman–Crippen LogP) is -0.869. The quantitative estimate of drug-likeness (QED) is 0.568. The van der Waals surface area contributed by atoms with Crippen LogP contribution in [-0.2, 0) is 32.0 Å². The summed E-state index contributed by atoms with van der Waals surface area (Å²) in [5.41, 5.74) is 0. The van der Waals surface area contributed by atoms with Crippen molar-refractivity contribution in [2.45, 2.75) is 13.0 Å². The summed E-state index contributed by atoms with van der Waals surface area (Å²) in [5, 5.41) is 18.6. The minimum atomic E-state index is -1.06. The van der Waals surface area contributed by atoms with Gasteiger partial charge in [0.1, 0.15) is 6.04 Å². The fourth-order valence-electron chi connectivity index (χ4n) is 0.328. The molecule has 5 nitrogen and oxygen atoms in total. The number of carboxylic acids is 2. The molecule has 11 heavy (non-hydrogen) atoms. The van der Waals surface area contributed by atoms with Crippen molar-refractivity contribution in [1.82, 2.24) is 5.32 Å². The molecule has 0 aliphatic rings. The third kappa shape index (κ3) is 7.54. The van der Waals surface area contributed by atoms with Crippen LogP contribution >= 0.6 is 0 Å². The molecule has 0 aliphatic heterocycles. The molecule has 0 amide bonds. The molecule has 3 N–H and O–H groups in total. The molecule has 1 radical (unpaired) electrons. The summed E-state index contributed by atoms with van der Waals surface area (Å²) in [7, 11) is 0. The van der Waals surface area contributed by atoms with E-state index in [2.05, 4.69) is 5.32 Å². The molecule has 0 aliphatic carbocycles. The first-order valence-corrected chi connectivity index (χ1v) is 2.72. The first-order valence-electron chi connectivity index (χ1n) is 2.72. The standard InChI is InChI=1S/C5H9NO4.Ag/c1-3(5(9)10)6-2-4(7)8;/h3,6H,2H2,1H3,(H,7,8)(H,9,10);/t3-;/m0./s1. The monoisotopic (exact) mass is 254 g/mol. The van der Waals surface area contributed by atoms with Crippen molar-refractivity contribution in [1.29, 1.82) is 0 Å². The molecular formula is C5H9AgNO4. The zero-order valence-corrected chi connectivity index (χ0v) is 7.28. The van der Waals surface area contributed by atoms with E-state index in [0.717, 1.165) is 0 Å². The van der Waals surface area contributed by atoms with E-state index in [1.54, 1.807) is 0 Å². The van der Waals surface area contributed by atoms with Gasteiger partial charge in [-0.3, -0.25) is 14.9 Å². The Morgan fingerprint density at radius 3 is 2.18 bits per heavy atom. The van der Waals surface area contributed by atoms with E-state index >= 15 is 0 Å². The second-order valence-electron chi connectivity index (χ2n) is 1.83. The molecule has 0 saturated carbocycles. The molecule has 6 heteroatoms. The van der Waals surface area contributed by atoms with Crippen molar-refractivity contribution in [3.8, 4) is 0 Å². The Morgan fingerprint density at radius 1 is 1.45 bits per heavy atom. The minimum Gasteiger partial charge on any atom is -0.480 e. The number of hydrogen-bond donors (Lipinski definition) is 3. The van der Waals surface area contributed by atoms with E-state index in [-0.39, 0.29) is 28.9 Å². The van der Waals surface area contributed by atoms with Crippen molar-refractivity contribution < 1.29 is 42.2 Å². The van der Waals surface area contributed by atoms with Crippen molar-refractivity contribution in [2.24, 2.45) is 0 Å². The maximum atomic E-state index is 10.1. The Kier molecular flexibility index (Phi) is 7.65. The van der Waals surface area contributed by atoms with Gasteiger partial charge < -0.3 is 10.2 Å². The van der Waals surface area contributed by atoms with Crippen molar-refractivity contribution in [3.05, 3.63) is 0 Å². The summed E-state index contributed by atoms with van der Waals surface area (Å²) in [6.45, 7) is 1.05. The van der Waals surface area contributed by atoms with E-state index in [4.69, 9.17) is 10.2 Å². The molecule has 0 bridgehead atoms. The van der Waals surface area contributed by atoms with Gasteiger partial charge in [-0.15, -0.1) is 0 Å². The zero-order chi connectivity index (χ0) is 8.15. The Hall–Kier alpha value is -0.360. The van der Waals surface area contributed by atoms with Crippen LogP contribution in [0.15, 0.2) is 0 Å². The van der Waals surface area contributed by atoms with Crippen LogP contribution in [0.1, 0.15) is 6.92 Å². The van der Waals surface area contributed by atoms with Crippen LogP contribution in [0.25, 0.3) is 0 Å². The average Bonchev–Trinajstić information content (AvgIpc) is 1.82. The van der Waals surface area contributed by atoms with Crippen LogP contribution in [0.5, 0.6) is 0 Å². The summed E-state index contributed by atoms with van der Waals surface area (Å²) >= 11 is 0. The van der Waals surface area contributed by atoms with Gasteiger partial charge >= 0.3 is 11.9 Å². The average molecular weight is 255 g/mol. The second-order valence-corrected chi connectivity index (χ2v) is 1.83. The van der Waals surface area contributed by atoms with E-state index < -0.39 is 18.0 Å². The number of rotatable bonds is 4. The maximum Gasteiger partial charge on any atom is 0.320 e. The van der Waals surface area contributed by atoms with Gasteiger partial charge in [-0.1, -0.05) is 0 Å². The van der Waals surface area contributed by atoms with Gasteiger partial charge in [0.05, 0.1) is 6.54 Å². The maximum absolute atomic E-state index is 10.1. The van der Waals surface area contributed by atoms with Gasteiger partial charge in [-0.2, -0.15) is 0 Å². The number of aliphatic carboxylic acids is 2. The fourth-order valence-corrected chi connectivity index (χ4v) is 0.328. The van der Waals surface area contributed by atoms with Crippen molar-refractivity contribution >= 4 is 11.9 Å². The Morgan fingerprint density at radius 2 is 1.91 bits per heavy atom. The van der Waals surface area contributed by atoms with E-state index in [1.807, 2.05) is 0 Å². The first-order chi connectivity index (χ1) is 4.54. The number of nitrogens with one attached hydrogen (secondary N) is 1. The number of carbonyl (C=O) groups is 2. The van der Waals surface area contributed by atoms with Gasteiger partial charge in [-0.05, 0) is 6.92 Å². The molecule has 0 rings (SSSR count). The molecule has 0 saturated heterocycles. The number of carboxylic acid groups (broad SMARTS) is 2. The molecule has 0 aromatic rings. The van der Waals surface area contributed by atoms with Gasteiger partial charge in [-0.25, -0.2) is 0 Å². The van der Waals surface area contributed by atoms with Gasteiger partial charge in [0.2, 0.25) is 0 Å². The molecule has 0 aromatic heterocycles. The Balaban J connectivity index is 0. The summed E-state index contributed by atoms with van der Waals surface area (Å²) in [6.07, 6.45) is 0. The smallest absolute Gasteiger partial charge is 0.320 e. The van der Waals surface area contributed by atoms with Gasteiger partial charge in [0.25, 0.3) is 0 Å². The summed E-state index contributed by atoms with van der Waals surface area (Å²) in [4.78, 5) is 19.9. The zero-order valence-electron chi connectivity index (χ0n) is 5.80. The summed E-state index contributed by atoms with van der Waals surface area (Å²) < 4.78 is 0. The number of hydrogen-bond acceptors (Lipinski definition) is 3. The SMILES string of the molecule is C[C@H](NCC(=O)O)C(=O)O.[Ag]. The van der Waals surface area contributed by atoms with E-state index in [1.165, 1.54) is 6.92 Å². The third-order valence-corrected chi connectivity index (χ3v) is 0.930. The fraction of sp³-hybridized carbons (Fsp3) is 0.600. The van der Waals surface area contributed by atoms with E-state index in [0.29, 0.717) is 0 Å². The molecule has 69 valence electrons. The molecular weight excluding hydrogens is 246 g/mol. The summed E-state index contributed by atoms with van der Waals surface area (Å²) in [5.74, 6) is -2.12. The van der Waals surface area contributed by atoms with Gasteiger partial charge in [0.15, 0.2) is 0 Å². The first kappa shape index (κ1) is 13.2. The molecule has 0 heterocycles. The predicted molar refractivity (Wildman–Crippen MR) is 32.7 cm³/mol. The van der Waals surface area contributed by atoms with Gasteiger partial charge in [0, 0.05) is 22.4 Å². The molecule has 0 aromatic carbocycles. The normalized spacial score (nSPS) is 11.4. The van der Waals surface area contributed by atoms with Crippen molar-refractivity contribution in [3.63, 3.8) is 0 Å². The van der Waals surface area contributed by atoms with Crippen LogP contribution in [0.2, 0.25) is 0 Å². The topological polar surface area (TPSA) is 86.6 Å². The minimum absolute atomic E-state index is 0. The molecule has 1 atom stereocenters. The Labute approximate surface area is 79.3 Å². The molecule has 0 spiro atoms. The Bertz CT molecular complexity index is 149. The van der Waals surface area contributed by atoms with Crippen LogP contribution in [0.3, 0.4) is 0 Å². The molecule has 0 unspecified atom stereocenters. The van der Waals surface area contributed by atoms with Crippen LogP contribution in [0.4, 0.5) is 0 Å². The van der Waals surface area contributed by atoms with E-state index in [9.17, 15) is 9.59 Å². The summed E-state index contributed by atoms with van der Waals surface area (Å²) in [6, 6.07) is -0.809. The molecule has 0 fully saturated rings. The largest absolute Gasteiger partial charge is 0.480 e. The van der Waals surface area contributed by atoms with Crippen molar-refractivity contribution in [2.75, 3.05) is 6.54 Å². The van der Waals surface area contributed by atoms with Crippen LogP contribution in [-0.4, -0.2) is 34.7 Å². The second kappa shape index (κ2) is 6.36.